The fourth-order valence-corrected chi connectivity index (χ4v) is 9.00. The highest BCUT2D eigenvalue weighted by molar-refractivity contribution is 6.29. The molecule has 63 heavy (non-hydrogen) atoms. The van der Waals surface area contributed by atoms with Crippen molar-refractivity contribution in [2.45, 2.75) is 0 Å². The molecule has 0 N–H and O–H groups in total. The molecule has 4 nitrogen and oxygen atoms in total. The average Bonchev–Trinajstić information content (AvgIpc) is 3.76. The van der Waals surface area contributed by atoms with E-state index in [0.717, 1.165) is 116 Å². The smallest absolute Gasteiger partial charge is 0.160 e. The molecular weight excluding hydrogens is 767 g/mol. The Balaban J connectivity index is 0.894. The van der Waals surface area contributed by atoms with Crippen LogP contribution < -0.4 is 0 Å². The lowest BCUT2D eigenvalue weighted by Gasteiger charge is -2.14. The maximum atomic E-state index is 6.39. The van der Waals surface area contributed by atoms with Gasteiger partial charge < -0.3 is 4.42 Å². The van der Waals surface area contributed by atoms with E-state index in [2.05, 4.69) is 176 Å². The molecule has 12 rings (SSSR count). The number of nitrogens with zero attached hydrogens (tertiary/aromatic N) is 3. The fraction of sp³-hybridized carbons (Fsp3) is 0. The lowest BCUT2D eigenvalue weighted by atomic mass is 9.93. The number of benzene rings is 9. The quantitative estimate of drug-likeness (QED) is 0.151. The number of para-hydroxylation sites is 2. The summed E-state index contributed by atoms with van der Waals surface area (Å²) in [5, 5.41) is 5.61. The van der Waals surface area contributed by atoms with Crippen molar-refractivity contribution in [1.29, 1.82) is 0 Å². The van der Waals surface area contributed by atoms with Gasteiger partial charge in [-0.15, -0.1) is 0 Å². The second-order valence-corrected chi connectivity index (χ2v) is 15.9. The minimum Gasteiger partial charge on any atom is -0.456 e. The average molecular weight is 804 g/mol. The molecule has 294 valence electrons. The molecule has 0 aliphatic rings. The predicted octanol–water partition coefficient (Wildman–Crippen LogP) is 15.7. The Hall–Kier alpha value is -8.47. The number of rotatable bonds is 7. The molecule has 0 fully saturated rings. The van der Waals surface area contributed by atoms with Gasteiger partial charge in [0.2, 0.25) is 0 Å². The first-order valence-corrected chi connectivity index (χ1v) is 21.3. The zero-order valence-corrected chi connectivity index (χ0v) is 34.1. The van der Waals surface area contributed by atoms with Crippen LogP contribution in [0.3, 0.4) is 0 Å². The summed E-state index contributed by atoms with van der Waals surface area (Å²) in [7, 11) is 0. The summed E-state index contributed by atoms with van der Waals surface area (Å²) in [4.78, 5) is 15.5. The molecule has 0 bridgehead atoms. The number of furan rings is 1. The van der Waals surface area contributed by atoms with Crippen LogP contribution >= 0.6 is 0 Å². The Morgan fingerprint density at radius 3 is 1.54 bits per heavy atom. The molecule has 3 heterocycles. The Labute approximate surface area is 364 Å². The predicted molar refractivity (Wildman–Crippen MR) is 260 cm³/mol. The summed E-state index contributed by atoms with van der Waals surface area (Å²) >= 11 is 0. The first-order valence-electron chi connectivity index (χ1n) is 21.3. The summed E-state index contributed by atoms with van der Waals surface area (Å²) in [6.45, 7) is 0. The van der Waals surface area contributed by atoms with Gasteiger partial charge in [0.15, 0.2) is 5.82 Å². The minimum absolute atomic E-state index is 0.708. The monoisotopic (exact) mass is 803 g/mol. The van der Waals surface area contributed by atoms with Crippen LogP contribution in [0.15, 0.2) is 229 Å². The Kier molecular flexibility index (Phi) is 8.79. The van der Waals surface area contributed by atoms with Crippen molar-refractivity contribution < 1.29 is 4.42 Å². The molecule has 0 saturated carbocycles. The van der Waals surface area contributed by atoms with Gasteiger partial charge in [0.05, 0.1) is 22.6 Å². The number of aromatic nitrogens is 3. The summed E-state index contributed by atoms with van der Waals surface area (Å²) in [5.41, 5.74) is 16.4. The van der Waals surface area contributed by atoms with E-state index in [9.17, 15) is 0 Å². The van der Waals surface area contributed by atoms with Crippen LogP contribution in [0.5, 0.6) is 0 Å². The highest BCUT2D eigenvalue weighted by atomic mass is 16.3. The van der Waals surface area contributed by atoms with Crippen molar-refractivity contribution in [3.8, 4) is 78.5 Å². The van der Waals surface area contributed by atoms with Gasteiger partial charge in [-0.25, -0.2) is 15.0 Å². The molecule has 0 aliphatic heterocycles. The molecule has 0 amide bonds. The van der Waals surface area contributed by atoms with Crippen LogP contribution in [-0.4, -0.2) is 15.0 Å². The van der Waals surface area contributed by atoms with E-state index in [0.29, 0.717) is 5.82 Å². The van der Waals surface area contributed by atoms with Gasteiger partial charge in [-0.1, -0.05) is 194 Å². The van der Waals surface area contributed by atoms with E-state index in [4.69, 9.17) is 19.4 Å². The maximum absolute atomic E-state index is 6.39. The molecule has 3 aromatic heterocycles. The van der Waals surface area contributed by atoms with Crippen molar-refractivity contribution >= 4 is 43.6 Å². The van der Waals surface area contributed by atoms with E-state index in [-0.39, 0.29) is 0 Å². The van der Waals surface area contributed by atoms with E-state index in [1.807, 2.05) is 48.5 Å². The second kappa shape index (κ2) is 15.2. The Morgan fingerprint density at radius 1 is 0.286 bits per heavy atom. The summed E-state index contributed by atoms with van der Waals surface area (Å²) in [5.74, 6) is 0.708. The highest BCUT2D eigenvalue weighted by Crippen LogP contribution is 2.43. The highest BCUT2D eigenvalue weighted by Gasteiger charge is 2.19. The molecule has 0 saturated heterocycles. The van der Waals surface area contributed by atoms with Gasteiger partial charge in [-0.2, -0.15) is 0 Å². The first kappa shape index (κ1) is 36.4. The number of fused-ring (bicyclic) bond motifs is 7. The van der Waals surface area contributed by atoms with Crippen LogP contribution in [0.2, 0.25) is 0 Å². The van der Waals surface area contributed by atoms with Crippen molar-refractivity contribution in [1.82, 2.24) is 15.0 Å². The summed E-state index contributed by atoms with van der Waals surface area (Å²) in [6.07, 6.45) is 0. The van der Waals surface area contributed by atoms with Crippen molar-refractivity contribution in [2.75, 3.05) is 0 Å². The third-order valence-electron chi connectivity index (χ3n) is 12.1. The minimum atomic E-state index is 0.708. The Bertz CT molecular complexity index is 3580. The van der Waals surface area contributed by atoms with Crippen molar-refractivity contribution in [3.63, 3.8) is 0 Å². The van der Waals surface area contributed by atoms with Gasteiger partial charge >= 0.3 is 0 Å². The lowest BCUT2D eigenvalue weighted by Crippen LogP contribution is -1.96. The van der Waals surface area contributed by atoms with Gasteiger partial charge in [0.25, 0.3) is 0 Å². The lowest BCUT2D eigenvalue weighted by molar-refractivity contribution is 0.669. The van der Waals surface area contributed by atoms with Crippen molar-refractivity contribution in [2.24, 2.45) is 0 Å². The molecule has 0 radical (unpaired) electrons. The molecule has 12 aromatic rings. The SMILES string of the molecule is c1ccc(-c2cc(-c3cccc(-c4ccc(-c5ccc(-c6cccc7c6nc(-c6ccccc6)c6ccc8oc9ccccc9c8c67)cc5)cc4)c3)nc(-c3ccccc3)n2)cc1. The largest absolute Gasteiger partial charge is 0.456 e. The number of hydrogen-bond donors (Lipinski definition) is 0. The number of pyridine rings is 1. The van der Waals surface area contributed by atoms with Gasteiger partial charge in [0.1, 0.15) is 11.2 Å². The Morgan fingerprint density at radius 2 is 0.825 bits per heavy atom. The molecule has 0 aliphatic carbocycles. The molecule has 0 unspecified atom stereocenters. The maximum Gasteiger partial charge on any atom is 0.160 e. The first-order chi connectivity index (χ1) is 31.2. The summed E-state index contributed by atoms with van der Waals surface area (Å²) in [6, 6.07) is 78.5. The molecule has 0 atom stereocenters. The third kappa shape index (κ3) is 6.53. The van der Waals surface area contributed by atoms with E-state index in [1.165, 1.54) is 0 Å². The van der Waals surface area contributed by atoms with Crippen LogP contribution in [0, 0.1) is 0 Å². The van der Waals surface area contributed by atoms with Crippen LogP contribution in [0.4, 0.5) is 0 Å². The fourth-order valence-electron chi connectivity index (χ4n) is 9.00. The topological polar surface area (TPSA) is 51.8 Å². The molecule has 9 aromatic carbocycles. The van der Waals surface area contributed by atoms with Crippen LogP contribution in [0.1, 0.15) is 0 Å². The standard InChI is InChI=1S/C59H37N3O/c1-4-14-42(15-5-1)51-37-52(61-59(60-51)44-18-8-3-9-19-44)46-21-12-20-45(36-46)40-28-26-38(27-29-40)39-30-32-41(33-31-39)47-23-13-24-49-55-50(57(62-58(47)49)43-16-6-2-7-17-43)34-35-54-56(55)48-22-10-11-25-53(48)63-54/h1-37H. The normalized spacial score (nSPS) is 11.5. The zero-order chi connectivity index (χ0) is 41.7. The molecule has 0 spiro atoms. The van der Waals surface area contributed by atoms with Gasteiger partial charge in [0, 0.05) is 54.7 Å². The van der Waals surface area contributed by atoms with E-state index >= 15 is 0 Å². The van der Waals surface area contributed by atoms with E-state index < -0.39 is 0 Å². The third-order valence-corrected chi connectivity index (χ3v) is 12.1. The van der Waals surface area contributed by atoms with Gasteiger partial charge in [-0.05, 0) is 58.1 Å². The van der Waals surface area contributed by atoms with Crippen LogP contribution in [0.25, 0.3) is 122 Å². The number of hydrogen-bond acceptors (Lipinski definition) is 4. The molecule has 4 heteroatoms. The zero-order valence-electron chi connectivity index (χ0n) is 34.1. The van der Waals surface area contributed by atoms with E-state index in [1.54, 1.807) is 0 Å². The summed E-state index contributed by atoms with van der Waals surface area (Å²) < 4.78 is 6.39. The molecular formula is C59H37N3O. The second-order valence-electron chi connectivity index (χ2n) is 15.9. The van der Waals surface area contributed by atoms with Crippen molar-refractivity contribution in [3.05, 3.63) is 224 Å². The van der Waals surface area contributed by atoms with Gasteiger partial charge in [-0.3, -0.25) is 0 Å². The van der Waals surface area contributed by atoms with Crippen LogP contribution in [-0.2, 0) is 0 Å².